The van der Waals surface area contributed by atoms with E-state index in [0.717, 1.165) is 17.8 Å². The molecule has 0 amide bonds. The summed E-state index contributed by atoms with van der Waals surface area (Å²) < 4.78 is 0. The molecule has 2 rings (SSSR count). The van der Waals surface area contributed by atoms with Gasteiger partial charge in [0, 0.05) is 0 Å². The number of hydrogen-bond donors (Lipinski definition) is 5. The van der Waals surface area contributed by atoms with Gasteiger partial charge in [0.15, 0.2) is 5.96 Å². The van der Waals surface area contributed by atoms with Crippen LogP contribution in [0.15, 0.2) is 53.5 Å². The maximum atomic E-state index is 5.50. The van der Waals surface area contributed by atoms with Crippen LogP contribution in [0.2, 0.25) is 0 Å². The van der Waals surface area contributed by atoms with E-state index in [1.54, 1.807) is 0 Å². The summed E-state index contributed by atoms with van der Waals surface area (Å²) in [6, 6.07) is 15.9. The van der Waals surface area contributed by atoms with Gasteiger partial charge in [-0.25, -0.2) is 10.7 Å². The fourth-order valence-electron chi connectivity index (χ4n) is 1.96. The van der Waals surface area contributed by atoms with Gasteiger partial charge in [-0.05, 0) is 41.8 Å². The molecule has 2 aromatic rings. The number of quaternary nitrogens is 1. The summed E-state index contributed by atoms with van der Waals surface area (Å²) in [6.45, 7) is 0. The third-order valence-corrected chi connectivity index (χ3v) is 2.86. The van der Waals surface area contributed by atoms with E-state index in [2.05, 4.69) is 27.9 Å². The summed E-state index contributed by atoms with van der Waals surface area (Å²) >= 11 is 0. The van der Waals surface area contributed by atoms with Crippen molar-refractivity contribution in [3.05, 3.63) is 59.7 Å². The largest absolute Gasteiger partial charge is 0.439 e. The number of guanidine groups is 2. The van der Waals surface area contributed by atoms with Crippen LogP contribution in [0.4, 0.5) is 11.4 Å². The molecule has 0 fully saturated rings. The Labute approximate surface area is 123 Å². The summed E-state index contributed by atoms with van der Waals surface area (Å²) in [4.78, 5) is 6.96. The first kappa shape index (κ1) is 14.5. The van der Waals surface area contributed by atoms with Crippen molar-refractivity contribution in [3.8, 4) is 0 Å². The molecule has 0 radical (unpaired) electrons. The van der Waals surface area contributed by atoms with Gasteiger partial charge in [0.2, 0.25) is 0 Å². The second-order valence-electron chi connectivity index (χ2n) is 4.73. The quantitative estimate of drug-likeness (QED) is 0.344. The van der Waals surface area contributed by atoms with Crippen LogP contribution in [0.25, 0.3) is 0 Å². The maximum absolute atomic E-state index is 5.50. The number of hydrogen-bond acceptors (Lipinski definition) is 1. The molecule has 2 aromatic carbocycles. The highest BCUT2D eigenvalue weighted by Crippen LogP contribution is 2.16. The molecule has 21 heavy (non-hydrogen) atoms. The van der Waals surface area contributed by atoms with E-state index in [9.17, 15) is 0 Å². The molecule has 0 aliphatic rings. The lowest BCUT2D eigenvalue weighted by Gasteiger charge is -2.03. The fraction of sp³-hybridized carbons (Fsp3) is 0.0667. The van der Waals surface area contributed by atoms with Gasteiger partial charge in [0.25, 0.3) is 0 Å². The zero-order chi connectivity index (χ0) is 15.2. The monoisotopic (exact) mass is 284 g/mol. The normalized spacial score (nSPS) is 11.2. The number of nitrogens with zero attached hydrogens (tertiary/aromatic N) is 1. The fourth-order valence-corrected chi connectivity index (χ4v) is 1.96. The van der Waals surface area contributed by atoms with Gasteiger partial charge in [-0.3, -0.25) is 5.73 Å². The number of nitrogens with two attached hydrogens (primary N) is 3. The summed E-state index contributed by atoms with van der Waals surface area (Å²) in [6.07, 6.45) is 0.839. The minimum absolute atomic E-state index is 0.0623. The van der Waals surface area contributed by atoms with Crippen molar-refractivity contribution in [1.82, 2.24) is 0 Å². The molecular weight excluding hydrogens is 264 g/mol. The molecule has 6 nitrogen and oxygen atoms in total. The van der Waals surface area contributed by atoms with Crippen molar-refractivity contribution in [2.45, 2.75) is 6.42 Å². The first-order chi connectivity index (χ1) is 10.0. The number of aliphatic imine (C=N–C) groups is 1. The Kier molecular flexibility index (Phi) is 4.53. The van der Waals surface area contributed by atoms with Gasteiger partial charge in [0.1, 0.15) is 5.69 Å². The van der Waals surface area contributed by atoms with Crippen LogP contribution in [-0.4, -0.2) is 11.9 Å². The second-order valence-corrected chi connectivity index (χ2v) is 4.73. The topological polar surface area (TPSA) is 132 Å². The maximum Gasteiger partial charge on any atom is 0.439 e. The Hall–Kier alpha value is -2.86. The molecule has 0 saturated heterocycles. The molecule has 0 spiro atoms. The smallest absolute Gasteiger partial charge is 0.370 e. The molecule has 10 N–H and O–H groups in total. The van der Waals surface area contributed by atoms with Crippen molar-refractivity contribution < 1.29 is 10.7 Å². The van der Waals surface area contributed by atoms with Crippen LogP contribution in [0.5, 0.6) is 0 Å². The second kappa shape index (κ2) is 6.53. The zero-order valence-electron chi connectivity index (χ0n) is 11.7. The highest BCUT2D eigenvalue weighted by Gasteiger charge is 2.00. The minimum Gasteiger partial charge on any atom is -0.370 e. The summed E-state index contributed by atoms with van der Waals surface area (Å²) in [5.41, 5.74) is 23.9. The molecule has 0 aromatic heterocycles. The molecule has 0 saturated carbocycles. The molecule has 0 aliphatic carbocycles. The molecule has 0 aliphatic heterocycles. The molecular formula is C15H20N6+2. The minimum atomic E-state index is 0.0623. The van der Waals surface area contributed by atoms with E-state index in [4.69, 9.17) is 17.2 Å². The average molecular weight is 284 g/mol. The average Bonchev–Trinajstić information content (AvgIpc) is 2.42. The predicted octanol–water partition coefficient (Wildman–Crippen LogP) is -1.55. The Balaban J connectivity index is 2.08. The van der Waals surface area contributed by atoms with Gasteiger partial charge in [-0.15, -0.1) is 0 Å². The van der Waals surface area contributed by atoms with Crippen LogP contribution in [-0.2, 0) is 6.42 Å². The number of rotatable bonds is 4. The third kappa shape index (κ3) is 4.63. The first-order valence-electron chi connectivity index (χ1n) is 6.52. The van der Waals surface area contributed by atoms with Gasteiger partial charge >= 0.3 is 5.96 Å². The molecule has 0 unspecified atom stereocenters. The van der Waals surface area contributed by atoms with Gasteiger partial charge < -0.3 is 11.5 Å². The van der Waals surface area contributed by atoms with Crippen molar-refractivity contribution >= 4 is 23.3 Å². The molecule has 0 bridgehead atoms. The van der Waals surface area contributed by atoms with Crippen molar-refractivity contribution in [2.75, 3.05) is 0 Å². The van der Waals surface area contributed by atoms with Crippen LogP contribution in [0.1, 0.15) is 11.1 Å². The van der Waals surface area contributed by atoms with Crippen molar-refractivity contribution in [1.29, 1.82) is 0 Å². The van der Waals surface area contributed by atoms with Gasteiger partial charge in [0.05, 0.1) is 5.69 Å². The van der Waals surface area contributed by atoms with Crippen LogP contribution in [0, 0.1) is 0 Å². The Morgan fingerprint density at radius 1 is 0.905 bits per heavy atom. The Morgan fingerprint density at radius 3 is 1.90 bits per heavy atom. The summed E-state index contributed by atoms with van der Waals surface area (Å²) in [5.74, 6) is 0.491. The summed E-state index contributed by atoms with van der Waals surface area (Å²) in [7, 11) is 0. The van der Waals surface area contributed by atoms with E-state index in [1.165, 1.54) is 11.1 Å². The Bertz CT molecular complexity index is 588. The van der Waals surface area contributed by atoms with Crippen LogP contribution in [0.3, 0.4) is 0 Å². The Morgan fingerprint density at radius 2 is 1.43 bits per heavy atom. The van der Waals surface area contributed by atoms with E-state index in [0.29, 0.717) is 5.96 Å². The highest BCUT2D eigenvalue weighted by molar-refractivity contribution is 5.78. The van der Waals surface area contributed by atoms with E-state index >= 15 is 0 Å². The lowest BCUT2D eigenvalue weighted by atomic mass is 10.0. The van der Waals surface area contributed by atoms with Crippen LogP contribution < -0.4 is 27.9 Å². The molecule has 0 heterocycles. The molecule has 6 heteroatoms. The lowest BCUT2D eigenvalue weighted by molar-refractivity contribution is -0.426. The predicted molar refractivity (Wildman–Crippen MR) is 83.9 cm³/mol. The summed E-state index contributed by atoms with van der Waals surface area (Å²) in [5, 5.41) is 0. The third-order valence-electron chi connectivity index (χ3n) is 2.86. The van der Waals surface area contributed by atoms with Crippen molar-refractivity contribution in [3.63, 3.8) is 0 Å². The van der Waals surface area contributed by atoms with Crippen LogP contribution >= 0.6 is 0 Å². The van der Waals surface area contributed by atoms with E-state index in [-0.39, 0.29) is 5.96 Å². The molecule has 108 valence electrons. The lowest BCUT2D eigenvalue weighted by Crippen LogP contribution is -2.85. The van der Waals surface area contributed by atoms with E-state index in [1.807, 2.05) is 36.4 Å². The zero-order valence-corrected chi connectivity index (χ0v) is 11.7. The standard InChI is InChI=1S/C15H18N6/c16-14(17)20-12-5-1-10(2-6-12)9-11-3-7-13(8-4-11)21-15(18)19/h1-8H,9H2,(H4,16,17,20)(H4,18,19,21)/p+2. The van der Waals surface area contributed by atoms with Crippen molar-refractivity contribution in [2.24, 2.45) is 22.2 Å². The number of benzene rings is 2. The molecule has 0 atom stereocenters. The number of nitrogens with one attached hydrogen (secondary N) is 1. The first-order valence-corrected chi connectivity index (χ1v) is 6.52. The van der Waals surface area contributed by atoms with E-state index < -0.39 is 0 Å². The van der Waals surface area contributed by atoms with Gasteiger partial charge in [-0.2, -0.15) is 4.99 Å². The highest BCUT2D eigenvalue weighted by atomic mass is 15.0. The van der Waals surface area contributed by atoms with Gasteiger partial charge in [-0.1, -0.05) is 24.3 Å². The SMILES string of the molecule is NC(N)=Nc1ccc(Cc2ccc([NH+]=C(N)[NH3+])cc2)cc1.